The number of benzene rings is 2. The lowest BCUT2D eigenvalue weighted by molar-refractivity contribution is -0.147. The van der Waals surface area contributed by atoms with Gasteiger partial charge in [-0.25, -0.2) is 4.79 Å². The number of amides is 5. The summed E-state index contributed by atoms with van der Waals surface area (Å²) in [6, 6.07) is 9.95. The van der Waals surface area contributed by atoms with Crippen LogP contribution >= 0.6 is 0 Å². The molecule has 228 valence electrons. The first-order valence-electron chi connectivity index (χ1n) is 13.9. The largest absolute Gasteiger partial charge is 0.465 e. The molecule has 0 fully saturated rings. The number of hydrogen-bond donors (Lipinski definition) is 5. The summed E-state index contributed by atoms with van der Waals surface area (Å²) in [6.07, 6.45) is -0.613. The summed E-state index contributed by atoms with van der Waals surface area (Å²) in [5, 5.41) is 18.1. The Morgan fingerprint density at radius 3 is 2.14 bits per heavy atom. The van der Waals surface area contributed by atoms with Crippen molar-refractivity contribution < 1.29 is 33.9 Å². The standard InChI is InChI=1S/C30H41N5O7/c1-6-18(4)25(35(5)29(40)23(13-17(2)3)34-30(41)42)26(37)28(39)32-16-24(36)33-22(27(31)38)15-19-11-12-20-9-7-8-10-21(20)14-19/h7-12,14,17-18,22-23,25,34H,6,13,15-16H2,1-5H3,(H2,31,38)(H,32,39)(H,33,36)(H,41,42)/t18-,22?,23-,25?/m0/s1. The summed E-state index contributed by atoms with van der Waals surface area (Å²) in [5.41, 5.74) is 6.28. The monoisotopic (exact) mass is 583 g/mol. The normalized spacial score (nSPS) is 13.9. The van der Waals surface area contributed by atoms with Crippen LogP contribution in [0.3, 0.4) is 0 Å². The predicted octanol–water partition coefficient (Wildman–Crippen LogP) is 1.59. The molecular weight excluding hydrogens is 542 g/mol. The van der Waals surface area contributed by atoms with Gasteiger partial charge in [-0.3, -0.25) is 24.0 Å². The summed E-state index contributed by atoms with van der Waals surface area (Å²) in [7, 11) is 1.35. The molecule has 0 heterocycles. The minimum absolute atomic E-state index is 0.0239. The molecule has 0 aliphatic heterocycles. The quantitative estimate of drug-likeness (QED) is 0.197. The highest BCUT2D eigenvalue weighted by atomic mass is 16.4. The zero-order chi connectivity index (χ0) is 31.6. The van der Waals surface area contributed by atoms with E-state index >= 15 is 0 Å². The summed E-state index contributed by atoms with van der Waals surface area (Å²) in [5.74, 6) is -4.65. The maximum absolute atomic E-state index is 13.2. The smallest absolute Gasteiger partial charge is 0.405 e. The van der Waals surface area contributed by atoms with Gasteiger partial charge in [0.1, 0.15) is 18.1 Å². The molecule has 12 heteroatoms. The Hall–Kier alpha value is -4.48. The Balaban J connectivity index is 2.07. The van der Waals surface area contributed by atoms with Crippen molar-refractivity contribution in [3.05, 3.63) is 48.0 Å². The maximum atomic E-state index is 13.2. The van der Waals surface area contributed by atoms with Crippen molar-refractivity contribution in [1.29, 1.82) is 0 Å². The highest BCUT2D eigenvalue weighted by Crippen LogP contribution is 2.19. The van der Waals surface area contributed by atoms with Crippen LogP contribution in [-0.2, 0) is 30.4 Å². The van der Waals surface area contributed by atoms with E-state index in [0.717, 1.165) is 21.2 Å². The molecule has 0 saturated carbocycles. The number of likely N-dealkylation sites (N-methyl/N-ethyl adjacent to an activating group) is 1. The number of carbonyl (C=O) groups excluding carboxylic acids is 5. The molecule has 0 radical (unpaired) electrons. The van der Waals surface area contributed by atoms with Gasteiger partial charge in [0.25, 0.3) is 5.91 Å². The van der Waals surface area contributed by atoms with Gasteiger partial charge < -0.3 is 31.7 Å². The first kappa shape index (κ1) is 33.7. The number of primary amides is 1. The van der Waals surface area contributed by atoms with Crippen LogP contribution in [0.15, 0.2) is 42.5 Å². The van der Waals surface area contributed by atoms with Gasteiger partial charge in [-0.1, -0.05) is 76.6 Å². The third-order valence-electron chi connectivity index (χ3n) is 7.09. The van der Waals surface area contributed by atoms with E-state index in [2.05, 4.69) is 16.0 Å². The van der Waals surface area contributed by atoms with Crippen molar-refractivity contribution in [2.24, 2.45) is 17.6 Å². The number of carboxylic acid groups (broad SMARTS) is 1. The minimum Gasteiger partial charge on any atom is -0.465 e. The van der Waals surface area contributed by atoms with E-state index in [1.54, 1.807) is 13.8 Å². The molecular formula is C30H41N5O7. The highest BCUT2D eigenvalue weighted by molar-refractivity contribution is 6.38. The number of hydrogen-bond acceptors (Lipinski definition) is 6. The van der Waals surface area contributed by atoms with Gasteiger partial charge in [0, 0.05) is 13.5 Å². The van der Waals surface area contributed by atoms with Crippen LogP contribution in [0, 0.1) is 11.8 Å². The van der Waals surface area contributed by atoms with Gasteiger partial charge >= 0.3 is 6.09 Å². The fourth-order valence-corrected chi connectivity index (χ4v) is 4.72. The third kappa shape index (κ3) is 9.57. The predicted molar refractivity (Wildman–Crippen MR) is 157 cm³/mol. The first-order valence-corrected chi connectivity index (χ1v) is 13.9. The van der Waals surface area contributed by atoms with Gasteiger partial charge in [-0.15, -0.1) is 0 Å². The summed E-state index contributed by atoms with van der Waals surface area (Å²) < 4.78 is 0. The fraction of sp³-hybridized carbons (Fsp3) is 0.467. The molecule has 0 bridgehead atoms. The second kappa shape index (κ2) is 15.5. The fourth-order valence-electron chi connectivity index (χ4n) is 4.72. The molecule has 2 rings (SSSR count). The molecule has 2 aromatic rings. The molecule has 2 unspecified atom stereocenters. The third-order valence-corrected chi connectivity index (χ3v) is 7.09. The molecule has 12 nitrogen and oxygen atoms in total. The van der Waals surface area contributed by atoms with Crippen molar-refractivity contribution >= 4 is 46.3 Å². The van der Waals surface area contributed by atoms with E-state index in [1.165, 1.54) is 7.05 Å². The molecule has 4 atom stereocenters. The van der Waals surface area contributed by atoms with E-state index < -0.39 is 66.1 Å². The molecule has 5 amide bonds. The lowest BCUT2D eigenvalue weighted by Crippen LogP contribution is -2.57. The molecule has 2 aromatic carbocycles. The van der Waals surface area contributed by atoms with E-state index in [1.807, 2.05) is 56.3 Å². The van der Waals surface area contributed by atoms with Crippen LogP contribution in [0.4, 0.5) is 4.79 Å². The van der Waals surface area contributed by atoms with Gasteiger partial charge in [0.05, 0.1) is 6.54 Å². The summed E-state index contributed by atoms with van der Waals surface area (Å²) in [4.78, 5) is 76.2. The minimum atomic E-state index is -1.38. The Kier molecular flexibility index (Phi) is 12.4. The average molecular weight is 584 g/mol. The van der Waals surface area contributed by atoms with Crippen LogP contribution in [0.1, 0.15) is 46.1 Å². The number of nitrogens with zero attached hydrogens (tertiary/aromatic N) is 1. The van der Waals surface area contributed by atoms with Gasteiger partial charge in [0.15, 0.2) is 0 Å². The van der Waals surface area contributed by atoms with E-state index in [0.29, 0.717) is 6.42 Å². The Morgan fingerprint density at radius 1 is 0.929 bits per heavy atom. The summed E-state index contributed by atoms with van der Waals surface area (Å²) >= 11 is 0. The second-order valence-corrected chi connectivity index (χ2v) is 10.9. The Morgan fingerprint density at radius 2 is 1.57 bits per heavy atom. The first-order chi connectivity index (χ1) is 19.7. The van der Waals surface area contributed by atoms with Crippen LogP contribution in [0.25, 0.3) is 10.8 Å². The zero-order valence-electron chi connectivity index (χ0n) is 24.7. The van der Waals surface area contributed by atoms with Crippen LogP contribution in [0.2, 0.25) is 0 Å². The van der Waals surface area contributed by atoms with Crippen molar-refractivity contribution in [2.45, 2.75) is 65.1 Å². The Bertz CT molecular complexity index is 1310. The molecule has 0 aliphatic carbocycles. The number of rotatable bonds is 15. The van der Waals surface area contributed by atoms with Gasteiger partial charge in [-0.05, 0) is 34.6 Å². The zero-order valence-corrected chi connectivity index (χ0v) is 24.7. The topological polar surface area (TPSA) is 188 Å². The van der Waals surface area contributed by atoms with Gasteiger partial charge in [0.2, 0.25) is 23.5 Å². The van der Waals surface area contributed by atoms with Gasteiger partial charge in [-0.2, -0.15) is 0 Å². The van der Waals surface area contributed by atoms with E-state index in [-0.39, 0.29) is 18.8 Å². The molecule has 0 aliphatic rings. The molecule has 0 saturated heterocycles. The van der Waals surface area contributed by atoms with Crippen LogP contribution < -0.4 is 21.7 Å². The number of Topliss-reactive ketones (excluding diaryl/α,β-unsaturated/α-hetero) is 1. The van der Waals surface area contributed by atoms with Crippen molar-refractivity contribution in [3.8, 4) is 0 Å². The lowest BCUT2D eigenvalue weighted by atomic mass is 9.92. The molecule has 0 spiro atoms. The molecule has 42 heavy (non-hydrogen) atoms. The average Bonchev–Trinajstić information content (AvgIpc) is 2.93. The number of carbonyl (C=O) groups is 6. The van der Waals surface area contributed by atoms with E-state index in [4.69, 9.17) is 5.73 Å². The van der Waals surface area contributed by atoms with Crippen LogP contribution in [0.5, 0.6) is 0 Å². The van der Waals surface area contributed by atoms with Crippen molar-refractivity contribution in [3.63, 3.8) is 0 Å². The number of nitrogens with one attached hydrogen (secondary N) is 3. The Labute approximate surface area is 245 Å². The van der Waals surface area contributed by atoms with Crippen LogP contribution in [-0.4, -0.2) is 77.2 Å². The second-order valence-electron chi connectivity index (χ2n) is 10.9. The summed E-state index contributed by atoms with van der Waals surface area (Å²) in [6.45, 7) is 6.52. The van der Waals surface area contributed by atoms with Crippen molar-refractivity contribution in [2.75, 3.05) is 13.6 Å². The lowest BCUT2D eigenvalue weighted by Gasteiger charge is -2.33. The van der Waals surface area contributed by atoms with Crippen molar-refractivity contribution in [1.82, 2.24) is 20.9 Å². The maximum Gasteiger partial charge on any atom is 0.405 e. The SMILES string of the molecule is CC[C@H](C)C(C(=O)C(=O)NCC(=O)NC(Cc1ccc2ccccc2c1)C(N)=O)N(C)C(=O)[C@H](CC(C)C)NC(=O)O. The number of fused-ring (bicyclic) bond motifs is 1. The molecule has 6 N–H and O–H groups in total. The molecule has 0 aromatic heterocycles. The number of nitrogens with two attached hydrogens (primary N) is 1. The highest BCUT2D eigenvalue weighted by Gasteiger charge is 2.38. The van der Waals surface area contributed by atoms with E-state index in [9.17, 15) is 33.9 Å². The number of ketones is 1.